The van der Waals surface area contributed by atoms with E-state index in [-0.39, 0.29) is 0 Å². The minimum Gasteiger partial charge on any atom is -0.214 e. The number of hydrogen-bond acceptors (Lipinski definition) is 2. The molecule has 2 aromatic rings. The van der Waals surface area contributed by atoms with Crippen molar-refractivity contribution >= 4 is 20.8 Å². The predicted molar refractivity (Wildman–Crippen MR) is 67.6 cm³/mol. The minimum atomic E-state index is -3.38. The minimum absolute atomic E-state index is 0.377. The fraction of sp³-hybridized carbons (Fsp3) is 0.231. The van der Waals surface area contributed by atoms with Gasteiger partial charge in [-0.15, -0.1) is 0 Å². The van der Waals surface area contributed by atoms with Gasteiger partial charge >= 0.3 is 0 Å². The van der Waals surface area contributed by atoms with Crippen LogP contribution in [0.2, 0.25) is 0 Å². The van der Waals surface area contributed by atoms with Gasteiger partial charge in [0.15, 0.2) is 0 Å². The van der Waals surface area contributed by atoms with Gasteiger partial charge in [-0.1, -0.05) is 24.3 Å². The lowest BCUT2D eigenvalue weighted by Crippen LogP contribution is -2.18. The molecule has 0 aliphatic heterocycles. The van der Waals surface area contributed by atoms with Gasteiger partial charge in [-0.05, 0) is 42.5 Å². The Morgan fingerprint density at radius 2 is 1.76 bits per heavy atom. The summed E-state index contributed by atoms with van der Waals surface area (Å²) in [4.78, 5) is 0.377. The molecule has 4 heteroatoms. The highest BCUT2D eigenvalue weighted by Crippen LogP contribution is 2.34. The van der Waals surface area contributed by atoms with Gasteiger partial charge in [0.05, 0.1) is 4.90 Å². The lowest BCUT2D eigenvalue weighted by molar-refractivity contribution is 0.589. The summed E-state index contributed by atoms with van der Waals surface area (Å²) >= 11 is 0. The van der Waals surface area contributed by atoms with E-state index >= 15 is 0 Å². The first-order valence-corrected chi connectivity index (χ1v) is 7.09. The fourth-order valence-electron chi connectivity index (χ4n) is 2.56. The zero-order valence-electron chi connectivity index (χ0n) is 9.53. The Kier molecular flexibility index (Phi) is 2.24. The van der Waals surface area contributed by atoms with Crippen molar-refractivity contribution in [3.8, 4) is 0 Å². The summed E-state index contributed by atoms with van der Waals surface area (Å²) < 4.78 is 26.3. The molecule has 1 N–H and O–H groups in total. The van der Waals surface area contributed by atoms with Crippen LogP contribution in [0.3, 0.4) is 0 Å². The molecule has 0 saturated carbocycles. The SMILES string of the molecule is CNS(=O)(=O)c1ccc2c3c(cccc13)CC2. The van der Waals surface area contributed by atoms with Crippen LogP contribution in [0.1, 0.15) is 11.1 Å². The average molecular weight is 247 g/mol. The molecule has 2 aromatic carbocycles. The molecule has 88 valence electrons. The number of nitrogens with one attached hydrogen (secondary N) is 1. The summed E-state index contributed by atoms with van der Waals surface area (Å²) in [7, 11) is -1.94. The van der Waals surface area contributed by atoms with E-state index in [2.05, 4.69) is 10.8 Å². The quantitative estimate of drug-likeness (QED) is 0.880. The normalized spacial score (nSPS) is 14.4. The average Bonchev–Trinajstić information content (AvgIpc) is 2.75. The van der Waals surface area contributed by atoms with E-state index in [0.29, 0.717) is 4.90 Å². The van der Waals surface area contributed by atoms with E-state index in [1.807, 2.05) is 18.2 Å². The van der Waals surface area contributed by atoms with Gasteiger partial charge in [0, 0.05) is 5.39 Å². The molecule has 1 aliphatic carbocycles. The highest BCUT2D eigenvalue weighted by molar-refractivity contribution is 7.89. The molecule has 0 atom stereocenters. The third-order valence-corrected chi connectivity index (χ3v) is 4.87. The molecule has 1 aliphatic rings. The Morgan fingerprint density at radius 3 is 2.47 bits per heavy atom. The molecule has 0 heterocycles. The molecule has 0 fully saturated rings. The van der Waals surface area contributed by atoms with Crippen LogP contribution in [0.5, 0.6) is 0 Å². The molecule has 0 spiro atoms. The van der Waals surface area contributed by atoms with E-state index in [4.69, 9.17) is 0 Å². The van der Waals surface area contributed by atoms with Gasteiger partial charge in [0.1, 0.15) is 0 Å². The Labute approximate surface area is 101 Å². The molecular weight excluding hydrogens is 234 g/mol. The van der Waals surface area contributed by atoms with Crippen molar-refractivity contribution in [2.75, 3.05) is 7.05 Å². The number of benzene rings is 2. The molecule has 0 unspecified atom stereocenters. The summed E-state index contributed by atoms with van der Waals surface area (Å²) in [6.45, 7) is 0. The van der Waals surface area contributed by atoms with Crippen LogP contribution in [0, 0.1) is 0 Å². The molecule has 0 saturated heterocycles. The maximum Gasteiger partial charge on any atom is 0.240 e. The molecular formula is C13H13NO2S. The highest BCUT2D eigenvalue weighted by Gasteiger charge is 2.20. The Bertz CT molecular complexity index is 694. The summed E-state index contributed by atoms with van der Waals surface area (Å²) in [5.74, 6) is 0. The Balaban J connectivity index is 2.45. The van der Waals surface area contributed by atoms with Gasteiger partial charge in [0.2, 0.25) is 10.0 Å². The third-order valence-electron chi connectivity index (χ3n) is 3.40. The van der Waals surface area contributed by atoms with Crippen molar-refractivity contribution in [2.24, 2.45) is 0 Å². The van der Waals surface area contributed by atoms with Crippen molar-refractivity contribution in [3.63, 3.8) is 0 Å². The lowest BCUT2D eigenvalue weighted by atomic mass is 10.1. The Hall–Kier alpha value is -1.39. The van der Waals surface area contributed by atoms with Gasteiger partial charge in [-0.2, -0.15) is 0 Å². The van der Waals surface area contributed by atoms with Crippen LogP contribution in [-0.2, 0) is 22.9 Å². The highest BCUT2D eigenvalue weighted by atomic mass is 32.2. The second-order valence-electron chi connectivity index (χ2n) is 4.27. The van der Waals surface area contributed by atoms with E-state index in [1.165, 1.54) is 18.2 Å². The molecule has 0 bridgehead atoms. The fourth-order valence-corrected chi connectivity index (χ4v) is 3.49. The molecule has 3 nitrogen and oxygen atoms in total. The number of rotatable bonds is 2. The third kappa shape index (κ3) is 1.48. The first-order valence-electron chi connectivity index (χ1n) is 5.60. The van der Waals surface area contributed by atoms with E-state index in [0.717, 1.165) is 23.6 Å². The van der Waals surface area contributed by atoms with Crippen molar-refractivity contribution in [3.05, 3.63) is 41.5 Å². The van der Waals surface area contributed by atoms with Crippen LogP contribution in [0.25, 0.3) is 10.8 Å². The molecule has 0 amide bonds. The molecule has 3 rings (SSSR count). The monoisotopic (exact) mass is 247 g/mol. The first-order chi connectivity index (χ1) is 8.13. The van der Waals surface area contributed by atoms with Gasteiger partial charge in [-0.3, -0.25) is 0 Å². The number of aryl methyl sites for hydroxylation is 2. The number of hydrogen-bond donors (Lipinski definition) is 1. The Morgan fingerprint density at radius 1 is 1.06 bits per heavy atom. The maximum atomic E-state index is 11.9. The topological polar surface area (TPSA) is 46.2 Å². The molecule has 0 radical (unpaired) electrons. The predicted octanol–water partition coefficient (Wildman–Crippen LogP) is 1.85. The van der Waals surface area contributed by atoms with Crippen molar-refractivity contribution in [1.82, 2.24) is 4.72 Å². The van der Waals surface area contributed by atoms with Crippen LogP contribution < -0.4 is 4.72 Å². The van der Waals surface area contributed by atoms with Crippen LogP contribution >= 0.6 is 0 Å². The summed E-state index contributed by atoms with van der Waals surface area (Å²) in [5.41, 5.74) is 2.51. The lowest BCUT2D eigenvalue weighted by Gasteiger charge is -2.08. The standard InChI is InChI=1S/C13H13NO2S/c1-14-17(15,16)12-8-7-10-6-5-9-3-2-4-11(12)13(9)10/h2-4,7-8,14H,5-6H2,1H3. The van der Waals surface area contributed by atoms with E-state index < -0.39 is 10.0 Å². The first kappa shape index (κ1) is 10.7. The second-order valence-corrected chi connectivity index (χ2v) is 6.13. The zero-order chi connectivity index (χ0) is 12.0. The molecule has 17 heavy (non-hydrogen) atoms. The largest absolute Gasteiger partial charge is 0.240 e. The van der Waals surface area contributed by atoms with E-state index in [9.17, 15) is 8.42 Å². The van der Waals surface area contributed by atoms with Crippen molar-refractivity contribution in [2.45, 2.75) is 17.7 Å². The van der Waals surface area contributed by atoms with Crippen LogP contribution in [-0.4, -0.2) is 15.5 Å². The van der Waals surface area contributed by atoms with Crippen molar-refractivity contribution < 1.29 is 8.42 Å². The van der Waals surface area contributed by atoms with Crippen LogP contribution in [0.15, 0.2) is 35.2 Å². The summed E-state index contributed by atoms with van der Waals surface area (Å²) in [5, 5.41) is 1.97. The summed E-state index contributed by atoms with van der Waals surface area (Å²) in [6.07, 6.45) is 2.02. The van der Waals surface area contributed by atoms with Gasteiger partial charge in [0.25, 0.3) is 0 Å². The smallest absolute Gasteiger partial charge is 0.214 e. The van der Waals surface area contributed by atoms with Gasteiger partial charge in [-0.25, -0.2) is 13.1 Å². The van der Waals surface area contributed by atoms with Gasteiger partial charge < -0.3 is 0 Å². The maximum absolute atomic E-state index is 11.9. The zero-order valence-corrected chi connectivity index (χ0v) is 10.3. The van der Waals surface area contributed by atoms with Crippen LogP contribution in [0.4, 0.5) is 0 Å². The molecule has 0 aromatic heterocycles. The van der Waals surface area contributed by atoms with Crippen molar-refractivity contribution in [1.29, 1.82) is 0 Å². The second kappa shape index (κ2) is 3.55. The van der Waals surface area contributed by atoms with E-state index in [1.54, 1.807) is 6.07 Å². The number of sulfonamides is 1. The summed E-state index contributed by atoms with van der Waals surface area (Å²) in [6, 6.07) is 9.54.